The molecule has 1 aromatic heterocycles. The summed E-state index contributed by atoms with van der Waals surface area (Å²) in [6.07, 6.45) is 0.826. The molecule has 1 heterocycles. The zero-order chi connectivity index (χ0) is 14.4. The minimum absolute atomic E-state index is 0.536. The molecule has 0 amide bonds. The van der Waals surface area contributed by atoms with Crippen molar-refractivity contribution in [2.45, 2.75) is 20.3 Å². The molecule has 1 aromatic carbocycles. The van der Waals surface area contributed by atoms with E-state index in [0.717, 1.165) is 43.1 Å². The van der Waals surface area contributed by atoms with Crippen LogP contribution in [0.4, 0.5) is 5.82 Å². The number of anilines is 1. The molecule has 20 heavy (non-hydrogen) atoms. The van der Waals surface area contributed by atoms with Crippen LogP contribution in [-0.4, -0.2) is 34.5 Å². The Kier molecular flexibility index (Phi) is 5.07. The van der Waals surface area contributed by atoms with Gasteiger partial charge in [-0.1, -0.05) is 44.2 Å². The van der Waals surface area contributed by atoms with Crippen molar-refractivity contribution in [2.75, 3.05) is 25.4 Å². The maximum Gasteiger partial charge on any atom is 0.132 e. The van der Waals surface area contributed by atoms with Crippen LogP contribution in [0.15, 0.2) is 36.4 Å². The second-order valence-corrected chi connectivity index (χ2v) is 4.74. The number of rotatable bonds is 6. The van der Waals surface area contributed by atoms with Crippen molar-refractivity contribution in [2.24, 2.45) is 0 Å². The maximum atomic E-state index is 5.90. The molecule has 0 unspecified atom stereocenters. The smallest absolute Gasteiger partial charge is 0.132 e. The molecule has 2 N–H and O–H groups in total. The van der Waals surface area contributed by atoms with Crippen molar-refractivity contribution in [3.05, 3.63) is 42.2 Å². The number of hydrogen-bond donors (Lipinski definition) is 1. The lowest BCUT2D eigenvalue weighted by Crippen LogP contribution is -2.26. The van der Waals surface area contributed by atoms with Gasteiger partial charge in [-0.25, -0.2) is 9.97 Å². The fourth-order valence-corrected chi connectivity index (χ4v) is 2.18. The van der Waals surface area contributed by atoms with Gasteiger partial charge in [-0.2, -0.15) is 0 Å². The summed E-state index contributed by atoms with van der Waals surface area (Å²) < 4.78 is 0. The van der Waals surface area contributed by atoms with Gasteiger partial charge in [-0.05, 0) is 13.1 Å². The third-order valence-electron chi connectivity index (χ3n) is 3.41. The lowest BCUT2D eigenvalue weighted by atomic mass is 10.1. The van der Waals surface area contributed by atoms with Gasteiger partial charge < -0.3 is 10.6 Å². The normalized spacial score (nSPS) is 10.9. The van der Waals surface area contributed by atoms with Crippen molar-refractivity contribution in [3.8, 4) is 11.3 Å². The lowest BCUT2D eigenvalue weighted by molar-refractivity contribution is 0.306. The maximum absolute atomic E-state index is 5.90. The first-order valence-electron chi connectivity index (χ1n) is 7.14. The summed E-state index contributed by atoms with van der Waals surface area (Å²) >= 11 is 0. The van der Waals surface area contributed by atoms with Crippen LogP contribution in [-0.2, 0) is 6.42 Å². The predicted octanol–water partition coefficient (Wildman–Crippen LogP) is 2.61. The highest BCUT2D eigenvalue weighted by Gasteiger charge is 2.06. The second-order valence-electron chi connectivity index (χ2n) is 4.74. The molecule has 0 radical (unpaired) electrons. The van der Waals surface area contributed by atoms with E-state index < -0.39 is 0 Å². The largest absolute Gasteiger partial charge is 0.384 e. The van der Waals surface area contributed by atoms with Crippen LogP contribution in [0.25, 0.3) is 11.3 Å². The topological polar surface area (TPSA) is 55.0 Å². The summed E-state index contributed by atoms with van der Waals surface area (Å²) in [5.41, 5.74) is 7.87. The molecule has 0 saturated heterocycles. The average Bonchev–Trinajstić information content (AvgIpc) is 2.49. The Balaban J connectivity index is 2.17. The summed E-state index contributed by atoms with van der Waals surface area (Å²) in [7, 11) is 0. The van der Waals surface area contributed by atoms with Gasteiger partial charge in [0.15, 0.2) is 0 Å². The van der Waals surface area contributed by atoms with E-state index in [0.29, 0.717) is 5.82 Å². The van der Waals surface area contributed by atoms with Gasteiger partial charge in [-0.3, -0.25) is 0 Å². The van der Waals surface area contributed by atoms with Crippen LogP contribution < -0.4 is 5.73 Å². The molecule has 0 aliphatic rings. The van der Waals surface area contributed by atoms with E-state index in [2.05, 4.69) is 28.7 Å². The molecule has 2 rings (SSSR count). The first-order chi connectivity index (χ1) is 9.72. The average molecular weight is 270 g/mol. The van der Waals surface area contributed by atoms with E-state index in [1.54, 1.807) is 0 Å². The van der Waals surface area contributed by atoms with Gasteiger partial charge in [0.2, 0.25) is 0 Å². The Morgan fingerprint density at radius 3 is 2.40 bits per heavy atom. The molecule has 0 spiro atoms. The number of benzene rings is 1. The first-order valence-corrected chi connectivity index (χ1v) is 7.14. The van der Waals surface area contributed by atoms with Crippen LogP contribution in [0.5, 0.6) is 0 Å². The molecule has 2 aromatic rings. The Bertz CT molecular complexity index is 535. The molecular formula is C16H22N4. The van der Waals surface area contributed by atoms with Crippen LogP contribution in [0.1, 0.15) is 19.7 Å². The summed E-state index contributed by atoms with van der Waals surface area (Å²) in [5.74, 6) is 1.35. The minimum atomic E-state index is 0.536. The van der Waals surface area contributed by atoms with E-state index in [1.807, 2.05) is 36.4 Å². The SMILES string of the molecule is CCN(CC)CCc1nc(N)cc(-c2ccccc2)n1. The molecule has 0 aliphatic heterocycles. The van der Waals surface area contributed by atoms with Gasteiger partial charge >= 0.3 is 0 Å². The van der Waals surface area contributed by atoms with Crippen LogP contribution in [0.3, 0.4) is 0 Å². The zero-order valence-corrected chi connectivity index (χ0v) is 12.2. The number of aromatic nitrogens is 2. The lowest BCUT2D eigenvalue weighted by Gasteiger charge is -2.17. The van der Waals surface area contributed by atoms with E-state index in [9.17, 15) is 0 Å². The van der Waals surface area contributed by atoms with E-state index >= 15 is 0 Å². The Hall–Kier alpha value is -1.94. The summed E-state index contributed by atoms with van der Waals surface area (Å²) in [6.45, 7) is 7.39. The van der Waals surface area contributed by atoms with Crippen molar-refractivity contribution in [3.63, 3.8) is 0 Å². The standard InChI is InChI=1S/C16H22N4/c1-3-20(4-2)11-10-16-18-14(12-15(17)19-16)13-8-6-5-7-9-13/h5-9,12H,3-4,10-11H2,1-2H3,(H2,17,18,19). The summed E-state index contributed by atoms with van der Waals surface area (Å²) in [4.78, 5) is 11.3. The number of nitrogens with two attached hydrogens (primary N) is 1. The van der Waals surface area contributed by atoms with Crippen LogP contribution in [0.2, 0.25) is 0 Å². The van der Waals surface area contributed by atoms with Gasteiger partial charge in [0.25, 0.3) is 0 Å². The van der Waals surface area contributed by atoms with Gasteiger partial charge in [0.05, 0.1) is 5.69 Å². The van der Waals surface area contributed by atoms with E-state index in [4.69, 9.17) is 5.73 Å². The van der Waals surface area contributed by atoms with Gasteiger partial charge in [0, 0.05) is 24.6 Å². The van der Waals surface area contributed by atoms with E-state index in [1.165, 1.54) is 0 Å². The number of nitrogens with zero attached hydrogens (tertiary/aromatic N) is 3. The third kappa shape index (κ3) is 3.78. The summed E-state index contributed by atoms with van der Waals surface area (Å²) in [5, 5.41) is 0. The summed E-state index contributed by atoms with van der Waals surface area (Å²) in [6, 6.07) is 11.9. The van der Waals surface area contributed by atoms with Crippen LogP contribution >= 0.6 is 0 Å². The van der Waals surface area contributed by atoms with Crippen molar-refractivity contribution in [1.82, 2.24) is 14.9 Å². The minimum Gasteiger partial charge on any atom is -0.384 e. The number of hydrogen-bond acceptors (Lipinski definition) is 4. The molecular weight excluding hydrogens is 248 g/mol. The molecule has 0 atom stereocenters. The zero-order valence-electron chi connectivity index (χ0n) is 12.2. The fourth-order valence-electron chi connectivity index (χ4n) is 2.18. The van der Waals surface area contributed by atoms with Gasteiger partial charge in [0.1, 0.15) is 11.6 Å². The molecule has 0 fully saturated rings. The quantitative estimate of drug-likeness (QED) is 0.876. The predicted molar refractivity (Wildman–Crippen MR) is 83.4 cm³/mol. The van der Waals surface area contributed by atoms with Crippen molar-refractivity contribution >= 4 is 5.82 Å². The van der Waals surface area contributed by atoms with Gasteiger partial charge in [-0.15, -0.1) is 0 Å². The number of nitrogen functional groups attached to an aromatic ring is 1. The van der Waals surface area contributed by atoms with Crippen molar-refractivity contribution in [1.29, 1.82) is 0 Å². The molecule has 4 nitrogen and oxygen atoms in total. The number of likely N-dealkylation sites (N-methyl/N-ethyl adjacent to an activating group) is 1. The molecule has 106 valence electrons. The third-order valence-corrected chi connectivity index (χ3v) is 3.41. The Labute approximate surface area is 120 Å². The fraction of sp³-hybridized carbons (Fsp3) is 0.375. The highest BCUT2D eigenvalue weighted by Crippen LogP contribution is 2.18. The molecule has 0 bridgehead atoms. The highest BCUT2D eigenvalue weighted by atomic mass is 15.1. The van der Waals surface area contributed by atoms with E-state index in [-0.39, 0.29) is 0 Å². The molecule has 0 saturated carbocycles. The molecule has 4 heteroatoms. The van der Waals surface area contributed by atoms with Crippen molar-refractivity contribution < 1.29 is 0 Å². The Morgan fingerprint density at radius 2 is 1.75 bits per heavy atom. The first kappa shape index (κ1) is 14.5. The highest BCUT2D eigenvalue weighted by molar-refractivity contribution is 5.61. The van der Waals surface area contributed by atoms with Crippen LogP contribution in [0, 0.1) is 0 Å². The monoisotopic (exact) mass is 270 g/mol. The second kappa shape index (κ2) is 7.01. The molecule has 0 aliphatic carbocycles. The Morgan fingerprint density at radius 1 is 1.05 bits per heavy atom.